The van der Waals surface area contributed by atoms with Gasteiger partial charge in [0.05, 0.1) is 12.1 Å². The van der Waals surface area contributed by atoms with Gasteiger partial charge in [-0.2, -0.15) is 0 Å². The van der Waals surface area contributed by atoms with Crippen molar-refractivity contribution in [3.63, 3.8) is 0 Å². The molecule has 1 aliphatic heterocycles. The van der Waals surface area contributed by atoms with Crippen LogP contribution >= 0.6 is 0 Å². The number of carbonyl (C=O) groups is 2. The predicted molar refractivity (Wildman–Crippen MR) is 141 cm³/mol. The molecular formula is C30H35F2N3O2. The number of halogens is 2. The lowest BCUT2D eigenvalue weighted by atomic mass is 9.95. The van der Waals surface area contributed by atoms with Crippen LogP contribution in [0, 0.1) is 18.6 Å². The third-order valence-electron chi connectivity index (χ3n) is 7.33. The zero-order chi connectivity index (χ0) is 26.5. The summed E-state index contributed by atoms with van der Waals surface area (Å²) in [6.07, 6.45) is 5.36. The van der Waals surface area contributed by atoms with Crippen molar-refractivity contribution in [1.29, 1.82) is 0 Å². The van der Waals surface area contributed by atoms with E-state index in [9.17, 15) is 18.4 Å². The molecule has 1 aromatic heterocycles. The third-order valence-corrected chi connectivity index (χ3v) is 7.33. The molecule has 7 heteroatoms. The van der Waals surface area contributed by atoms with Crippen LogP contribution in [0.15, 0.2) is 48.7 Å². The van der Waals surface area contributed by atoms with Crippen LogP contribution in [0.4, 0.5) is 8.78 Å². The highest BCUT2D eigenvalue weighted by Crippen LogP contribution is 2.22. The van der Waals surface area contributed by atoms with Gasteiger partial charge in [0.15, 0.2) is 17.4 Å². The van der Waals surface area contributed by atoms with E-state index in [1.807, 2.05) is 25.1 Å². The molecule has 5 nitrogen and oxygen atoms in total. The Morgan fingerprint density at radius 3 is 2.59 bits per heavy atom. The van der Waals surface area contributed by atoms with E-state index in [0.717, 1.165) is 60.0 Å². The quantitative estimate of drug-likeness (QED) is 0.426. The molecule has 2 heterocycles. The Morgan fingerprint density at radius 2 is 1.84 bits per heavy atom. The number of Topliss-reactive ketones (excluding diaryl/α,β-unsaturated/α-hetero) is 1. The van der Waals surface area contributed by atoms with Crippen LogP contribution in [0.5, 0.6) is 0 Å². The molecule has 4 rings (SSSR count). The Balaban J connectivity index is 1.51. The molecular weight excluding hydrogens is 472 g/mol. The molecule has 1 saturated heterocycles. The summed E-state index contributed by atoms with van der Waals surface area (Å²) in [5.41, 5.74) is 2.44. The molecule has 37 heavy (non-hydrogen) atoms. The highest BCUT2D eigenvalue weighted by atomic mass is 19.2. The number of hydrogen-bond donors (Lipinski definition) is 1. The lowest BCUT2D eigenvalue weighted by Crippen LogP contribution is -2.55. The van der Waals surface area contributed by atoms with Crippen molar-refractivity contribution in [2.75, 3.05) is 6.54 Å². The van der Waals surface area contributed by atoms with Crippen LogP contribution in [-0.4, -0.2) is 46.2 Å². The van der Waals surface area contributed by atoms with E-state index in [1.54, 1.807) is 6.20 Å². The van der Waals surface area contributed by atoms with Gasteiger partial charge in [-0.25, -0.2) is 8.78 Å². The van der Waals surface area contributed by atoms with Gasteiger partial charge in [-0.05, 0) is 87.7 Å². The number of aryl methyl sites for hydroxylation is 2. The molecule has 1 aliphatic rings. The summed E-state index contributed by atoms with van der Waals surface area (Å²) in [6.45, 7) is 6.94. The Morgan fingerprint density at radius 1 is 1.05 bits per heavy atom. The summed E-state index contributed by atoms with van der Waals surface area (Å²) in [7, 11) is 0. The molecule has 196 valence electrons. The summed E-state index contributed by atoms with van der Waals surface area (Å²) in [6, 6.07) is 10.7. The van der Waals surface area contributed by atoms with E-state index >= 15 is 0 Å². The number of fused-ring (bicyclic) bond motifs is 1. The summed E-state index contributed by atoms with van der Waals surface area (Å²) < 4.78 is 27.4. The minimum Gasteiger partial charge on any atom is -0.345 e. The van der Waals surface area contributed by atoms with Gasteiger partial charge < -0.3 is 5.32 Å². The van der Waals surface area contributed by atoms with E-state index in [-0.39, 0.29) is 36.6 Å². The number of nitrogens with zero attached hydrogens (tertiary/aromatic N) is 2. The van der Waals surface area contributed by atoms with E-state index in [1.165, 1.54) is 6.07 Å². The molecule has 1 amide bonds. The first-order valence-corrected chi connectivity index (χ1v) is 13.1. The molecule has 2 atom stereocenters. The smallest absolute Gasteiger partial charge is 0.237 e. The average molecular weight is 508 g/mol. The van der Waals surface area contributed by atoms with Crippen LogP contribution in [0.25, 0.3) is 10.8 Å². The highest BCUT2D eigenvalue weighted by Gasteiger charge is 2.32. The lowest BCUT2D eigenvalue weighted by Gasteiger charge is -2.38. The zero-order valence-corrected chi connectivity index (χ0v) is 21.8. The molecule has 0 unspecified atom stereocenters. The molecule has 0 bridgehead atoms. The molecule has 0 saturated carbocycles. The van der Waals surface area contributed by atoms with Gasteiger partial charge in [0, 0.05) is 29.7 Å². The minimum absolute atomic E-state index is 0.110. The van der Waals surface area contributed by atoms with Gasteiger partial charge in [-0.1, -0.05) is 30.7 Å². The van der Waals surface area contributed by atoms with Gasteiger partial charge in [0.25, 0.3) is 0 Å². The summed E-state index contributed by atoms with van der Waals surface area (Å²) in [5.74, 6) is -2.21. The van der Waals surface area contributed by atoms with E-state index < -0.39 is 17.7 Å². The summed E-state index contributed by atoms with van der Waals surface area (Å²) in [4.78, 5) is 33.3. The first-order chi connectivity index (χ1) is 17.7. The molecule has 1 N–H and O–H groups in total. The number of carbonyl (C=O) groups excluding carboxylic acids is 2. The fourth-order valence-electron chi connectivity index (χ4n) is 5.24. The monoisotopic (exact) mass is 507 g/mol. The molecule has 1 fully saturated rings. The molecule has 0 spiro atoms. The second-order valence-electron chi connectivity index (χ2n) is 10.3. The lowest BCUT2D eigenvalue weighted by molar-refractivity contribution is -0.132. The number of hydrogen-bond acceptors (Lipinski definition) is 4. The Kier molecular flexibility index (Phi) is 8.64. The number of amides is 1. The second kappa shape index (κ2) is 11.9. The van der Waals surface area contributed by atoms with Gasteiger partial charge in [-0.15, -0.1) is 0 Å². The van der Waals surface area contributed by atoms with Crippen molar-refractivity contribution in [1.82, 2.24) is 15.2 Å². The van der Waals surface area contributed by atoms with Gasteiger partial charge >= 0.3 is 0 Å². The number of pyridine rings is 1. The minimum atomic E-state index is -0.964. The summed E-state index contributed by atoms with van der Waals surface area (Å²) in [5, 5.41) is 5.11. The average Bonchev–Trinajstić information content (AvgIpc) is 2.89. The molecule has 2 aromatic carbocycles. The number of ketones is 1. The molecule has 3 aromatic rings. The maximum atomic E-state index is 13.9. The molecule has 0 radical (unpaired) electrons. The fraction of sp³-hybridized carbons (Fsp3) is 0.433. The van der Waals surface area contributed by atoms with Crippen LogP contribution in [0.2, 0.25) is 0 Å². The molecule has 0 aliphatic carbocycles. The predicted octanol–water partition coefficient (Wildman–Crippen LogP) is 5.31. The van der Waals surface area contributed by atoms with E-state index in [2.05, 4.69) is 35.1 Å². The number of aromatic nitrogens is 1. The van der Waals surface area contributed by atoms with Gasteiger partial charge in [0.2, 0.25) is 5.91 Å². The van der Waals surface area contributed by atoms with Crippen molar-refractivity contribution >= 4 is 22.5 Å². The van der Waals surface area contributed by atoms with Gasteiger partial charge in [0.1, 0.15) is 0 Å². The van der Waals surface area contributed by atoms with Crippen molar-refractivity contribution in [3.8, 4) is 0 Å². The standard InChI is InChI=1S/C30H35F2N3O2/c1-19(2)35-15-5-4-6-28(35)30(37)34-27(18-22-8-11-25(31)26(32)17-22)29(36)12-9-21-7-10-24-20(3)33-14-13-23(24)16-21/h7-8,10-11,13-14,16-17,19,27-28H,4-6,9,12,15,18H2,1-3H3,(H,34,37)/t27-,28+/m0/s1. The maximum absolute atomic E-state index is 13.9. The van der Waals surface area contributed by atoms with Crippen LogP contribution < -0.4 is 5.32 Å². The Bertz CT molecular complexity index is 1280. The van der Waals surface area contributed by atoms with Crippen LogP contribution in [0.1, 0.15) is 56.4 Å². The van der Waals surface area contributed by atoms with E-state index in [4.69, 9.17) is 0 Å². The summed E-state index contributed by atoms with van der Waals surface area (Å²) >= 11 is 0. The maximum Gasteiger partial charge on any atom is 0.237 e. The first-order valence-electron chi connectivity index (χ1n) is 13.1. The first kappa shape index (κ1) is 26.9. The Hall–Kier alpha value is -3.19. The Labute approximate surface area is 217 Å². The van der Waals surface area contributed by atoms with Crippen LogP contribution in [-0.2, 0) is 22.4 Å². The van der Waals surface area contributed by atoms with Crippen molar-refractivity contribution in [2.24, 2.45) is 0 Å². The van der Waals surface area contributed by atoms with Crippen LogP contribution in [0.3, 0.4) is 0 Å². The number of likely N-dealkylation sites (tertiary alicyclic amines) is 1. The SMILES string of the molecule is Cc1nccc2cc(CCC(=O)[C@H](Cc3ccc(F)c(F)c3)NC(=O)[C@H]3CCCCN3C(C)C)ccc12. The number of rotatable bonds is 9. The second-order valence-corrected chi connectivity index (χ2v) is 10.3. The normalized spacial score (nSPS) is 17.2. The number of piperidine rings is 1. The fourth-order valence-corrected chi connectivity index (χ4v) is 5.24. The topological polar surface area (TPSA) is 62.3 Å². The van der Waals surface area contributed by atoms with E-state index in [0.29, 0.717) is 12.0 Å². The van der Waals surface area contributed by atoms with Gasteiger partial charge in [-0.3, -0.25) is 19.5 Å². The number of benzene rings is 2. The van der Waals surface area contributed by atoms with Crippen molar-refractivity contribution in [3.05, 3.63) is 77.1 Å². The third kappa shape index (κ3) is 6.58. The van der Waals surface area contributed by atoms with Crippen molar-refractivity contribution in [2.45, 2.75) is 77.4 Å². The zero-order valence-electron chi connectivity index (χ0n) is 21.8. The number of nitrogens with one attached hydrogen (secondary N) is 1. The highest BCUT2D eigenvalue weighted by molar-refractivity contribution is 5.91. The van der Waals surface area contributed by atoms with Crippen molar-refractivity contribution < 1.29 is 18.4 Å². The largest absolute Gasteiger partial charge is 0.345 e.